The largest absolute Gasteiger partial charge is 0.311 e. The molecule has 0 atom stereocenters. The van der Waals surface area contributed by atoms with E-state index in [0.29, 0.717) is 17.7 Å². The highest BCUT2D eigenvalue weighted by molar-refractivity contribution is 6.35. The van der Waals surface area contributed by atoms with Crippen molar-refractivity contribution in [3.05, 3.63) is 52.2 Å². The minimum atomic E-state index is 0.128. The Labute approximate surface area is 120 Å². The minimum Gasteiger partial charge on any atom is -0.311 e. The molecule has 2 heterocycles. The monoisotopic (exact) mass is 292 g/mol. The van der Waals surface area contributed by atoms with E-state index in [-0.39, 0.29) is 10.4 Å². The fraction of sp³-hybridized carbons (Fsp3) is 0.154. The van der Waals surface area contributed by atoms with E-state index in [1.165, 1.54) is 5.56 Å². The molecule has 96 valence electrons. The van der Waals surface area contributed by atoms with E-state index in [1.54, 1.807) is 6.33 Å². The van der Waals surface area contributed by atoms with Crippen molar-refractivity contribution in [3.8, 4) is 0 Å². The summed E-state index contributed by atoms with van der Waals surface area (Å²) in [6.07, 6.45) is 1.70. The first-order valence-electron chi connectivity index (χ1n) is 5.73. The molecule has 6 heteroatoms. The van der Waals surface area contributed by atoms with Gasteiger partial charge in [0.2, 0.25) is 5.28 Å². The van der Waals surface area contributed by atoms with Crippen LogP contribution in [0.3, 0.4) is 0 Å². The number of rotatable bonds is 2. The molecular formula is C13H10Cl2N4. The van der Waals surface area contributed by atoms with Gasteiger partial charge in [-0.2, -0.15) is 4.98 Å². The summed E-state index contributed by atoms with van der Waals surface area (Å²) in [6, 6.07) is 8.30. The van der Waals surface area contributed by atoms with Gasteiger partial charge in [-0.25, -0.2) is 9.97 Å². The number of benzene rings is 1. The van der Waals surface area contributed by atoms with Gasteiger partial charge < -0.3 is 4.57 Å². The van der Waals surface area contributed by atoms with Crippen LogP contribution in [0.1, 0.15) is 11.1 Å². The number of hydrogen-bond donors (Lipinski definition) is 0. The molecule has 0 bridgehead atoms. The van der Waals surface area contributed by atoms with Gasteiger partial charge in [-0.1, -0.05) is 41.4 Å². The standard InChI is InChI=1S/C13H10Cl2N4/c1-8-2-4-9(5-3-8)6-19-7-16-10-11(14)17-13(15)18-12(10)19/h2-5,7H,6H2,1H3. The van der Waals surface area contributed by atoms with E-state index in [1.807, 2.05) is 4.57 Å². The second-order valence-electron chi connectivity index (χ2n) is 4.31. The Kier molecular flexibility index (Phi) is 3.12. The van der Waals surface area contributed by atoms with Gasteiger partial charge in [-0.3, -0.25) is 0 Å². The van der Waals surface area contributed by atoms with Crippen LogP contribution in [0, 0.1) is 6.92 Å². The third kappa shape index (κ3) is 2.41. The van der Waals surface area contributed by atoms with Crippen LogP contribution >= 0.6 is 23.2 Å². The second kappa shape index (κ2) is 4.79. The molecule has 0 saturated heterocycles. The number of hydrogen-bond acceptors (Lipinski definition) is 3. The van der Waals surface area contributed by atoms with Gasteiger partial charge in [0, 0.05) is 0 Å². The van der Waals surface area contributed by atoms with Crippen LogP contribution in [0.25, 0.3) is 11.2 Å². The van der Waals surface area contributed by atoms with Gasteiger partial charge in [-0.05, 0) is 24.1 Å². The molecule has 0 aliphatic carbocycles. The average Bonchev–Trinajstić information content (AvgIpc) is 2.76. The van der Waals surface area contributed by atoms with E-state index >= 15 is 0 Å². The maximum absolute atomic E-state index is 5.99. The van der Waals surface area contributed by atoms with Gasteiger partial charge in [0.05, 0.1) is 12.9 Å². The number of aryl methyl sites for hydroxylation is 1. The molecule has 2 aromatic heterocycles. The van der Waals surface area contributed by atoms with Crippen molar-refractivity contribution in [3.63, 3.8) is 0 Å². The van der Waals surface area contributed by atoms with Crippen LogP contribution in [0.5, 0.6) is 0 Å². The minimum absolute atomic E-state index is 0.128. The molecule has 3 aromatic rings. The van der Waals surface area contributed by atoms with E-state index < -0.39 is 0 Å². The molecule has 0 amide bonds. The summed E-state index contributed by atoms with van der Waals surface area (Å²) < 4.78 is 1.90. The summed E-state index contributed by atoms with van der Waals surface area (Å²) in [5.74, 6) is 0. The molecule has 0 aliphatic heterocycles. The zero-order valence-electron chi connectivity index (χ0n) is 10.1. The fourth-order valence-electron chi connectivity index (χ4n) is 1.89. The van der Waals surface area contributed by atoms with Crippen molar-refractivity contribution < 1.29 is 0 Å². The van der Waals surface area contributed by atoms with Crippen LogP contribution in [0.15, 0.2) is 30.6 Å². The zero-order valence-corrected chi connectivity index (χ0v) is 11.7. The van der Waals surface area contributed by atoms with Gasteiger partial charge in [-0.15, -0.1) is 0 Å². The van der Waals surface area contributed by atoms with E-state index in [2.05, 4.69) is 46.1 Å². The first-order valence-corrected chi connectivity index (χ1v) is 6.48. The first kappa shape index (κ1) is 12.4. The van der Waals surface area contributed by atoms with Crippen molar-refractivity contribution in [1.29, 1.82) is 0 Å². The number of imidazole rings is 1. The number of halogens is 2. The fourth-order valence-corrected chi connectivity index (χ4v) is 2.31. The van der Waals surface area contributed by atoms with Gasteiger partial charge in [0.15, 0.2) is 10.8 Å². The van der Waals surface area contributed by atoms with Gasteiger partial charge in [0.1, 0.15) is 5.52 Å². The summed E-state index contributed by atoms with van der Waals surface area (Å²) in [7, 11) is 0. The Morgan fingerprint density at radius 3 is 2.58 bits per heavy atom. The highest BCUT2D eigenvalue weighted by atomic mass is 35.5. The van der Waals surface area contributed by atoms with E-state index in [4.69, 9.17) is 23.2 Å². The molecule has 1 aromatic carbocycles. The van der Waals surface area contributed by atoms with Crippen LogP contribution in [-0.2, 0) is 6.54 Å². The normalized spacial score (nSPS) is 11.1. The van der Waals surface area contributed by atoms with Crippen LogP contribution in [0.4, 0.5) is 0 Å². The number of nitrogens with zero attached hydrogens (tertiary/aromatic N) is 4. The molecule has 0 N–H and O–H groups in total. The van der Waals surface area contributed by atoms with Crippen molar-refractivity contribution in [2.45, 2.75) is 13.5 Å². The molecule has 0 saturated carbocycles. The Morgan fingerprint density at radius 1 is 1.11 bits per heavy atom. The Bertz CT molecular complexity index is 734. The number of fused-ring (bicyclic) bond motifs is 1. The van der Waals surface area contributed by atoms with Crippen molar-refractivity contribution >= 4 is 34.4 Å². The third-order valence-corrected chi connectivity index (χ3v) is 3.30. The number of aromatic nitrogens is 4. The highest BCUT2D eigenvalue weighted by Crippen LogP contribution is 2.21. The highest BCUT2D eigenvalue weighted by Gasteiger charge is 2.11. The predicted molar refractivity (Wildman–Crippen MR) is 75.6 cm³/mol. The molecule has 3 rings (SSSR count). The van der Waals surface area contributed by atoms with Gasteiger partial charge >= 0.3 is 0 Å². The molecule has 0 fully saturated rings. The lowest BCUT2D eigenvalue weighted by Gasteiger charge is -2.04. The molecule has 0 spiro atoms. The molecule has 0 unspecified atom stereocenters. The summed E-state index contributed by atoms with van der Waals surface area (Å²) >= 11 is 11.8. The van der Waals surface area contributed by atoms with Crippen LogP contribution < -0.4 is 0 Å². The van der Waals surface area contributed by atoms with Crippen LogP contribution in [0.2, 0.25) is 10.4 Å². The molecule has 0 aliphatic rings. The molecule has 4 nitrogen and oxygen atoms in total. The predicted octanol–water partition coefficient (Wildman–Crippen LogP) is 3.49. The average molecular weight is 293 g/mol. The second-order valence-corrected chi connectivity index (χ2v) is 5.01. The Morgan fingerprint density at radius 2 is 1.84 bits per heavy atom. The van der Waals surface area contributed by atoms with Crippen LogP contribution in [-0.4, -0.2) is 19.5 Å². The maximum Gasteiger partial charge on any atom is 0.225 e. The summed E-state index contributed by atoms with van der Waals surface area (Å²) in [5, 5.41) is 0.404. The smallest absolute Gasteiger partial charge is 0.225 e. The maximum atomic E-state index is 5.99. The van der Waals surface area contributed by atoms with Crippen molar-refractivity contribution in [1.82, 2.24) is 19.5 Å². The molecule has 19 heavy (non-hydrogen) atoms. The van der Waals surface area contributed by atoms with E-state index in [0.717, 1.165) is 5.56 Å². The quantitative estimate of drug-likeness (QED) is 0.536. The molecule has 0 radical (unpaired) electrons. The topological polar surface area (TPSA) is 43.6 Å². The zero-order chi connectivity index (χ0) is 13.4. The SMILES string of the molecule is Cc1ccc(Cn2cnc3c(Cl)nc(Cl)nc32)cc1. The van der Waals surface area contributed by atoms with Crippen molar-refractivity contribution in [2.24, 2.45) is 0 Å². The third-order valence-electron chi connectivity index (χ3n) is 2.87. The summed E-state index contributed by atoms with van der Waals surface area (Å²) in [5.41, 5.74) is 3.60. The first-order chi connectivity index (χ1) is 9.13. The summed E-state index contributed by atoms with van der Waals surface area (Å²) in [4.78, 5) is 12.3. The molecular weight excluding hydrogens is 283 g/mol. The van der Waals surface area contributed by atoms with E-state index in [9.17, 15) is 0 Å². The van der Waals surface area contributed by atoms with Gasteiger partial charge in [0.25, 0.3) is 0 Å². The Hall–Kier alpha value is -1.65. The lowest BCUT2D eigenvalue weighted by atomic mass is 10.1. The lowest BCUT2D eigenvalue weighted by Crippen LogP contribution is -2.00. The van der Waals surface area contributed by atoms with Crippen molar-refractivity contribution in [2.75, 3.05) is 0 Å². The summed E-state index contributed by atoms with van der Waals surface area (Å²) in [6.45, 7) is 2.73. The Balaban J connectivity index is 2.03. The lowest BCUT2D eigenvalue weighted by molar-refractivity contribution is 0.813.